The second-order valence-electron chi connectivity index (χ2n) is 10.6. The van der Waals surface area contributed by atoms with E-state index in [0.29, 0.717) is 24.3 Å². The molecular weight excluding hydrogens is 392 g/mol. The molecule has 7 nitrogen and oxygen atoms in total. The molecule has 0 aromatic carbocycles. The number of tetrazole rings is 1. The van der Waals surface area contributed by atoms with Gasteiger partial charge in [-0.05, 0) is 105 Å². The number of ether oxygens (including phenoxy) is 1. The van der Waals surface area contributed by atoms with Crippen LogP contribution >= 0.6 is 0 Å². The Morgan fingerprint density at radius 3 is 2.74 bits per heavy atom. The molecule has 7 atom stereocenters. The van der Waals surface area contributed by atoms with Crippen molar-refractivity contribution in [3.63, 3.8) is 0 Å². The van der Waals surface area contributed by atoms with Crippen LogP contribution in [0.1, 0.15) is 70.5 Å². The Hall–Kier alpha value is -1.34. The van der Waals surface area contributed by atoms with Gasteiger partial charge in [0.2, 0.25) is 0 Å². The van der Waals surface area contributed by atoms with Gasteiger partial charge in [-0.3, -0.25) is 4.79 Å². The highest BCUT2D eigenvalue weighted by Crippen LogP contribution is 2.63. The molecule has 1 aromatic heterocycles. The zero-order chi connectivity index (χ0) is 22.0. The van der Waals surface area contributed by atoms with Crippen molar-refractivity contribution in [3.05, 3.63) is 5.82 Å². The predicted molar refractivity (Wildman–Crippen MR) is 117 cm³/mol. The molecule has 174 valence electrons. The van der Waals surface area contributed by atoms with Gasteiger partial charge in [-0.1, -0.05) is 6.92 Å². The normalized spacial score (nSPS) is 37.4. The Labute approximate surface area is 186 Å². The fraction of sp³-hybridized carbons (Fsp3) is 0.917. The van der Waals surface area contributed by atoms with Crippen LogP contribution in [0.3, 0.4) is 0 Å². The van der Waals surface area contributed by atoms with Crippen LogP contribution in [0.25, 0.3) is 0 Å². The maximum atomic E-state index is 13.2. The van der Waals surface area contributed by atoms with Crippen molar-refractivity contribution in [2.45, 2.75) is 78.2 Å². The summed E-state index contributed by atoms with van der Waals surface area (Å²) >= 11 is 0. The van der Waals surface area contributed by atoms with Crippen LogP contribution in [0.15, 0.2) is 0 Å². The van der Waals surface area contributed by atoms with Gasteiger partial charge in [-0.25, -0.2) is 0 Å². The van der Waals surface area contributed by atoms with Gasteiger partial charge in [0.05, 0.1) is 0 Å². The number of aromatic nitrogens is 4. The molecule has 0 spiro atoms. The number of fused-ring (bicyclic) bond motifs is 3. The van der Waals surface area contributed by atoms with Gasteiger partial charge in [0.1, 0.15) is 6.54 Å². The first-order valence-electron chi connectivity index (χ1n) is 12.3. The summed E-state index contributed by atoms with van der Waals surface area (Å²) in [4.78, 5) is 14.7. The number of carbonyl (C=O) groups excluding carboxylic acids is 1. The third-order valence-electron chi connectivity index (χ3n) is 9.15. The van der Waals surface area contributed by atoms with E-state index in [2.05, 4.69) is 22.3 Å². The van der Waals surface area contributed by atoms with Crippen LogP contribution in [0.4, 0.5) is 0 Å². The van der Waals surface area contributed by atoms with Gasteiger partial charge >= 0.3 is 0 Å². The third kappa shape index (κ3) is 4.45. The first-order chi connectivity index (χ1) is 15.0. The molecule has 3 saturated carbocycles. The molecule has 31 heavy (non-hydrogen) atoms. The third-order valence-corrected chi connectivity index (χ3v) is 9.15. The minimum atomic E-state index is 0.106. The molecule has 3 fully saturated rings. The molecule has 0 saturated heterocycles. The summed E-state index contributed by atoms with van der Waals surface area (Å²) in [6.07, 6.45) is 10.3. The Morgan fingerprint density at radius 2 is 2.03 bits per heavy atom. The summed E-state index contributed by atoms with van der Waals surface area (Å²) in [5.74, 6) is 4.55. The highest BCUT2D eigenvalue weighted by Gasteiger charge is 2.57. The first-order valence-corrected chi connectivity index (χ1v) is 12.3. The van der Waals surface area contributed by atoms with Crippen LogP contribution < -0.4 is 0 Å². The molecule has 0 unspecified atom stereocenters. The summed E-state index contributed by atoms with van der Waals surface area (Å²) in [5.41, 5.74) is 0.106. The molecule has 3 aliphatic carbocycles. The van der Waals surface area contributed by atoms with Crippen LogP contribution in [-0.2, 0) is 16.1 Å². The predicted octanol–water partition coefficient (Wildman–Crippen LogP) is 3.44. The number of carbonyl (C=O) groups is 1. The molecule has 1 N–H and O–H groups in total. The number of nitrogens with zero attached hydrogens (tertiary/aromatic N) is 4. The van der Waals surface area contributed by atoms with Crippen LogP contribution in [0.5, 0.6) is 0 Å². The van der Waals surface area contributed by atoms with E-state index in [0.717, 1.165) is 56.5 Å². The van der Waals surface area contributed by atoms with Gasteiger partial charge < -0.3 is 9.84 Å². The van der Waals surface area contributed by atoms with Crippen molar-refractivity contribution in [3.8, 4) is 0 Å². The SMILES string of the molecule is COCC[C@@H]1CC[C@@H]2[C@H](CC[C@]3(C)[C@@H](C(=O)Cn4nnc(C)n4)CC[C@@H]23)[C@H]1CCCO. The maximum Gasteiger partial charge on any atom is 0.171 e. The average Bonchev–Trinajstić information content (AvgIpc) is 3.33. The molecule has 0 radical (unpaired) electrons. The van der Waals surface area contributed by atoms with E-state index in [1.807, 2.05) is 0 Å². The van der Waals surface area contributed by atoms with Gasteiger partial charge in [0.25, 0.3) is 0 Å². The molecule has 1 heterocycles. The van der Waals surface area contributed by atoms with Crippen molar-refractivity contribution in [2.24, 2.45) is 40.9 Å². The van der Waals surface area contributed by atoms with E-state index in [-0.39, 0.29) is 23.7 Å². The molecule has 7 heteroatoms. The smallest absolute Gasteiger partial charge is 0.171 e. The lowest BCUT2D eigenvalue weighted by Gasteiger charge is -2.54. The standard InChI is InChI=1S/C24H40N4O3/c1-16-25-27-28(26-16)15-23(30)22-9-8-21-20-7-6-17(11-14-31-3)18(5-4-13-29)19(20)10-12-24(21,22)2/h17-22,29H,4-15H2,1-3H3/t17-,18-,19+,20+,21-,22+,24-/m0/s1. The van der Waals surface area contributed by atoms with Crippen molar-refractivity contribution in [2.75, 3.05) is 20.3 Å². The van der Waals surface area contributed by atoms with Gasteiger partial charge in [-0.2, -0.15) is 4.80 Å². The van der Waals surface area contributed by atoms with Crippen LogP contribution in [0, 0.1) is 47.8 Å². The summed E-state index contributed by atoms with van der Waals surface area (Å²) in [7, 11) is 1.80. The second kappa shape index (κ2) is 9.65. The van der Waals surface area contributed by atoms with E-state index >= 15 is 0 Å². The minimum Gasteiger partial charge on any atom is -0.396 e. The van der Waals surface area contributed by atoms with E-state index in [9.17, 15) is 9.90 Å². The zero-order valence-corrected chi connectivity index (χ0v) is 19.5. The molecule has 0 bridgehead atoms. The topological polar surface area (TPSA) is 90.1 Å². The van der Waals surface area contributed by atoms with E-state index in [4.69, 9.17) is 4.74 Å². The second-order valence-corrected chi connectivity index (χ2v) is 10.6. The number of hydrogen-bond acceptors (Lipinski definition) is 6. The first kappa shape index (κ1) is 22.8. The van der Waals surface area contributed by atoms with E-state index < -0.39 is 0 Å². The number of aryl methyl sites for hydroxylation is 1. The highest BCUT2D eigenvalue weighted by molar-refractivity contribution is 5.81. The summed E-state index contributed by atoms with van der Waals surface area (Å²) in [6.45, 7) is 5.57. The molecule has 1 aromatic rings. The molecule has 3 aliphatic rings. The monoisotopic (exact) mass is 432 g/mol. The number of aliphatic hydroxyl groups is 1. The summed E-state index contributed by atoms with van der Waals surface area (Å²) < 4.78 is 5.41. The Balaban J connectivity index is 1.47. The van der Waals surface area contributed by atoms with E-state index in [1.54, 1.807) is 14.0 Å². The van der Waals surface area contributed by atoms with Gasteiger partial charge in [0.15, 0.2) is 11.6 Å². The van der Waals surface area contributed by atoms with E-state index in [1.165, 1.54) is 30.5 Å². The van der Waals surface area contributed by atoms with Crippen molar-refractivity contribution in [1.29, 1.82) is 0 Å². The fourth-order valence-electron chi connectivity index (χ4n) is 7.81. The Kier molecular flexibility index (Phi) is 7.11. The lowest BCUT2D eigenvalue weighted by atomic mass is 9.50. The lowest BCUT2D eigenvalue weighted by Crippen LogP contribution is -2.48. The Morgan fingerprint density at radius 1 is 1.19 bits per heavy atom. The number of ketones is 1. The maximum absolute atomic E-state index is 13.2. The molecule has 0 aliphatic heterocycles. The number of rotatable bonds is 9. The number of aliphatic hydroxyl groups excluding tert-OH is 1. The van der Waals surface area contributed by atoms with Crippen molar-refractivity contribution in [1.82, 2.24) is 20.2 Å². The quantitative estimate of drug-likeness (QED) is 0.643. The van der Waals surface area contributed by atoms with Crippen LogP contribution in [-0.4, -0.2) is 51.4 Å². The average molecular weight is 433 g/mol. The molecule has 4 rings (SSSR count). The largest absolute Gasteiger partial charge is 0.396 e. The number of methoxy groups -OCH3 is 1. The number of Topliss-reactive ketones (excluding diaryl/α,β-unsaturated/α-hetero) is 1. The van der Waals surface area contributed by atoms with Crippen LogP contribution in [0.2, 0.25) is 0 Å². The zero-order valence-electron chi connectivity index (χ0n) is 19.5. The number of hydrogen-bond donors (Lipinski definition) is 1. The summed E-state index contributed by atoms with van der Waals surface area (Å²) in [6, 6.07) is 0. The van der Waals surface area contributed by atoms with Crippen molar-refractivity contribution >= 4 is 5.78 Å². The van der Waals surface area contributed by atoms with Gasteiger partial charge in [0, 0.05) is 26.2 Å². The highest BCUT2D eigenvalue weighted by atomic mass is 16.5. The molecular formula is C24H40N4O3. The minimum absolute atomic E-state index is 0.106. The lowest BCUT2D eigenvalue weighted by molar-refractivity contribution is -0.131. The molecule has 0 amide bonds. The van der Waals surface area contributed by atoms with Gasteiger partial charge in [-0.15, -0.1) is 10.2 Å². The summed E-state index contributed by atoms with van der Waals surface area (Å²) in [5, 5.41) is 21.6. The fourth-order valence-corrected chi connectivity index (χ4v) is 7.81. The van der Waals surface area contributed by atoms with Crippen molar-refractivity contribution < 1.29 is 14.6 Å². The Bertz CT molecular complexity index is 753.